The normalized spacial score (nSPS) is 27.1. The fourth-order valence-electron chi connectivity index (χ4n) is 13.0. The number of nitrogens with one attached hydrogen (secondary N) is 7. The maximum Gasteiger partial charge on any atom is 0.535 e. The highest BCUT2D eigenvalue weighted by Gasteiger charge is 2.48. The first-order valence-electron chi connectivity index (χ1n) is 39.0. The van der Waals surface area contributed by atoms with Crippen LogP contribution in [0.15, 0.2) is 0 Å². The van der Waals surface area contributed by atoms with E-state index in [4.69, 9.17) is 47.2 Å². The zero-order chi connectivity index (χ0) is 81.5. The van der Waals surface area contributed by atoms with Crippen LogP contribution in [-0.4, -0.2) is 320 Å². The van der Waals surface area contributed by atoms with Crippen LogP contribution in [-0.2, 0) is 94.6 Å². The topological polar surface area (TPSA) is 545 Å². The van der Waals surface area contributed by atoms with Gasteiger partial charge in [0.05, 0.1) is 65.6 Å². The number of aliphatic hydroxyl groups excluding tert-OH is 9. The minimum absolute atomic E-state index is 0.000766. The largest absolute Gasteiger partial charge is 0.535 e. The number of amides is 8. The number of aliphatic hydroxyl groups is 9. The highest BCUT2D eigenvalue weighted by atomic mass is 31.2. The number of piperidine rings is 1. The highest BCUT2D eigenvalue weighted by Crippen LogP contribution is 2.43. The first kappa shape index (κ1) is 97.9. The Morgan fingerprint density at radius 1 is 0.423 bits per heavy atom. The van der Waals surface area contributed by atoms with Crippen molar-refractivity contribution in [2.75, 3.05) is 119 Å². The molecule has 38 nitrogen and oxygen atoms in total. The molecule has 17 N–H and O–H groups in total. The van der Waals surface area contributed by atoms with Crippen molar-refractivity contribution in [1.29, 1.82) is 0 Å². The summed E-state index contributed by atoms with van der Waals surface area (Å²) in [6.45, 7) is 5.82. The lowest BCUT2D eigenvalue weighted by Crippen LogP contribution is -2.64. The van der Waals surface area contributed by atoms with Crippen LogP contribution >= 0.6 is 7.82 Å². The molecule has 0 aliphatic carbocycles. The van der Waals surface area contributed by atoms with Gasteiger partial charge in [-0.1, -0.05) is 57.3 Å². The Bertz CT molecular complexity index is 2720. The summed E-state index contributed by atoms with van der Waals surface area (Å²) in [6.07, 6.45) is -3.31. The standard InChI is InChI=1S/C72H127N8O30P/c1-5-32-106-111(98,99)107-36-21-13-9-17-28-73-55(87)23-22-24-59(91)80-40-50(45-100-37-25-56(88)74-29-14-6-10-18-33-103-70-60(77-47(2)84)66(95)63(92)52(42-81)108-70)69(102-39-27-58(90)76-31-16-8-12-20-35-105-72-62(79-49(4)86)68(97)65(94)54(44-83)110-72)51(41-80)46-101-38-26-57(89)75-30-15-7-11-19-34-104-71-61(78-48(3)85)67(96)64(93)53(43-82)109-71/h50-54,60-72,81-83,92-97H,6-31,33-46H2,1-4H3,(H,73,87)(H,74,88)(H,75,89)(H,76,90)(H,77,84)(H,78,85)(H,79,86)(H,98,99)/t50-,51-,52?,53?,54?,60?,61?,62?,63?,64?,65?,66?,67?,68?,69?,70?,71?,72?/m0/s1. The fourth-order valence-corrected chi connectivity index (χ4v) is 13.6. The van der Waals surface area contributed by atoms with Gasteiger partial charge < -0.3 is 135 Å². The van der Waals surface area contributed by atoms with E-state index in [0.29, 0.717) is 129 Å². The van der Waals surface area contributed by atoms with Gasteiger partial charge in [0.1, 0.15) is 79.2 Å². The van der Waals surface area contributed by atoms with Gasteiger partial charge in [-0.2, -0.15) is 0 Å². The van der Waals surface area contributed by atoms with E-state index in [1.54, 1.807) is 4.90 Å². The quantitative estimate of drug-likeness (QED) is 0.0170. The Morgan fingerprint density at radius 3 is 1.10 bits per heavy atom. The van der Waals surface area contributed by atoms with Crippen molar-refractivity contribution < 1.29 is 145 Å². The molecule has 4 aliphatic heterocycles. The zero-order valence-corrected chi connectivity index (χ0v) is 65.6. The molecule has 0 bridgehead atoms. The molecule has 111 heavy (non-hydrogen) atoms. The Balaban J connectivity index is 1.34. The van der Waals surface area contributed by atoms with E-state index in [9.17, 15) is 93.8 Å². The molecule has 4 rings (SSSR count). The summed E-state index contributed by atoms with van der Waals surface area (Å²) >= 11 is 0. The van der Waals surface area contributed by atoms with Gasteiger partial charge in [0.2, 0.25) is 47.3 Å². The van der Waals surface area contributed by atoms with Gasteiger partial charge in [-0.15, -0.1) is 0 Å². The van der Waals surface area contributed by atoms with Crippen LogP contribution in [0.2, 0.25) is 0 Å². The summed E-state index contributed by atoms with van der Waals surface area (Å²) < 4.78 is 74.4. The number of carbonyl (C=O) groups excluding carboxylic acids is 8. The number of rotatable bonds is 57. The van der Waals surface area contributed by atoms with Crippen LogP contribution in [0, 0.1) is 23.9 Å². The second kappa shape index (κ2) is 56.0. The molecule has 0 aromatic carbocycles. The van der Waals surface area contributed by atoms with E-state index in [0.717, 1.165) is 0 Å². The van der Waals surface area contributed by atoms with E-state index in [1.165, 1.54) is 27.7 Å². The Morgan fingerprint density at radius 2 is 0.757 bits per heavy atom. The van der Waals surface area contributed by atoms with Crippen molar-refractivity contribution in [1.82, 2.24) is 42.1 Å². The minimum Gasteiger partial charge on any atom is -0.394 e. The van der Waals surface area contributed by atoms with Crippen molar-refractivity contribution >= 4 is 55.1 Å². The number of nitrogens with zero attached hydrogens (tertiary/aromatic N) is 1. The highest BCUT2D eigenvalue weighted by molar-refractivity contribution is 7.47. The number of unbranched alkanes of at least 4 members (excludes halogenated alkanes) is 12. The monoisotopic (exact) mass is 1610 g/mol. The average Bonchev–Trinajstić information content (AvgIpc) is 0.828. The number of hydrogen-bond donors (Lipinski definition) is 17. The molecule has 0 saturated carbocycles. The maximum atomic E-state index is 14.2. The second-order valence-corrected chi connectivity index (χ2v) is 29.5. The lowest BCUT2D eigenvalue weighted by atomic mass is 9.86. The van der Waals surface area contributed by atoms with E-state index >= 15 is 0 Å². The number of ether oxygens (including phenoxy) is 9. The Kier molecular flexibility index (Phi) is 49.4. The molecular formula is C72H127N8O30P. The third kappa shape index (κ3) is 38.7. The van der Waals surface area contributed by atoms with Crippen molar-refractivity contribution in [3.8, 4) is 12.0 Å². The third-order valence-electron chi connectivity index (χ3n) is 18.9. The van der Waals surface area contributed by atoms with Crippen molar-refractivity contribution in [2.24, 2.45) is 11.8 Å². The lowest BCUT2D eigenvalue weighted by Gasteiger charge is -2.43. The first-order chi connectivity index (χ1) is 53.2. The molecule has 640 valence electrons. The summed E-state index contributed by atoms with van der Waals surface area (Å²) in [5.74, 6) is -1.39. The van der Waals surface area contributed by atoms with E-state index in [-0.39, 0.29) is 141 Å². The average molecular weight is 1620 g/mol. The summed E-state index contributed by atoms with van der Waals surface area (Å²) in [5, 5.41) is 111. The van der Waals surface area contributed by atoms with E-state index in [1.807, 2.05) is 0 Å². The minimum atomic E-state index is -4.26. The zero-order valence-electron chi connectivity index (χ0n) is 64.7. The molecule has 4 aliphatic rings. The van der Waals surface area contributed by atoms with E-state index in [2.05, 4.69) is 53.8 Å². The summed E-state index contributed by atoms with van der Waals surface area (Å²) in [4.78, 5) is 113. The van der Waals surface area contributed by atoms with Crippen LogP contribution in [0.4, 0.5) is 0 Å². The molecule has 0 aromatic heterocycles. The predicted molar refractivity (Wildman–Crippen MR) is 393 cm³/mol. The molecule has 0 spiro atoms. The Labute approximate surface area is 649 Å². The molecule has 4 heterocycles. The van der Waals surface area contributed by atoms with Crippen LogP contribution in [0.3, 0.4) is 0 Å². The van der Waals surface area contributed by atoms with Gasteiger partial charge in [0, 0.05) is 131 Å². The fraction of sp³-hybridized carbons (Fsp3) is 0.861. The molecule has 4 saturated heterocycles. The molecule has 18 atom stereocenters. The molecule has 4 fully saturated rings. The molecule has 16 unspecified atom stereocenters. The second-order valence-electron chi connectivity index (χ2n) is 28.1. The SMILES string of the molecule is CC#COP(=O)(O)OCCCCCCNC(=O)CCCC(=O)N1C[C@@H](COCCC(=O)NCCCCCCOC2OC(CO)C(O)C(O)C2NC(C)=O)C(OCCC(=O)NCCCCCCOC2OC(CO)C(O)C(O)C2NC(C)=O)[C@H](COCCC(=O)NCCCCCCOC2OC(CO)C(O)C(O)C2NC(C)=O)C1. The molecule has 8 amide bonds. The van der Waals surface area contributed by atoms with Crippen LogP contribution in [0.25, 0.3) is 0 Å². The number of likely N-dealkylation sites (tertiary alicyclic amines) is 1. The van der Waals surface area contributed by atoms with Crippen LogP contribution in [0.1, 0.15) is 169 Å². The van der Waals surface area contributed by atoms with E-state index < -0.39 is 155 Å². The van der Waals surface area contributed by atoms with Gasteiger partial charge in [-0.3, -0.25) is 47.8 Å². The van der Waals surface area contributed by atoms with Crippen molar-refractivity contribution in [3.63, 3.8) is 0 Å². The molecule has 0 aromatic rings. The Hall–Kier alpha value is -5.45. The van der Waals surface area contributed by atoms with Gasteiger partial charge in [-0.25, -0.2) is 4.57 Å². The van der Waals surface area contributed by atoms with Crippen molar-refractivity contribution in [2.45, 2.75) is 267 Å². The molecule has 0 radical (unpaired) electrons. The van der Waals surface area contributed by atoms with Gasteiger partial charge in [-0.05, 0) is 57.8 Å². The lowest BCUT2D eigenvalue weighted by molar-refractivity contribution is -0.270. The van der Waals surface area contributed by atoms with Gasteiger partial charge >= 0.3 is 7.82 Å². The predicted octanol–water partition coefficient (Wildman–Crippen LogP) is -2.48. The van der Waals surface area contributed by atoms with Gasteiger partial charge in [0.15, 0.2) is 18.9 Å². The smallest absolute Gasteiger partial charge is 0.394 e. The molecule has 39 heteroatoms. The number of phosphoric ester groups is 1. The number of hydrogen-bond acceptors (Lipinski definition) is 29. The summed E-state index contributed by atoms with van der Waals surface area (Å²) in [7, 11) is -4.26. The maximum absolute atomic E-state index is 14.2. The van der Waals surface area contributed by atoms with Crippen LogP contribution in [0.5, 0.6) is 0 Å². The number of phosphoric acid groups is 1. The molecular weight excluding hydrogens is 1490 g/mol. The summed E-state index contributed by atoms with van der Waals surface area (Å²) in [5.41, 5.74) is 0. The number of carbonyl (C=O) groups is 8. The first-order valence-corrected chi connectivity index (χ1v) is 40.5. The van der Waals surface area contributed by atoms with Gasteiger partial charge in [0.25, 0.3) is 0 Å². The third-order valence-corrected chi connectivity index (χ3v) is 19.8. The van der Waals surface area contributed by atoms with Crippen molar-refractivity contribution in [3.05, 3.63) is 0 Å². The summed E-state index contributed by atoms with van der Waals surface area (Å²) in [6, 6.07) is -3.17. The van der Waals surface area contributed by atoms with Crippen LogP contribution < -0.4 is 37.2 Å².